The number of aromatic amines is 1. The zero-order valence-electron chi connectivity index (χ0n) is 11.1. The second-order valence-electron chi connectivity index (χ2n) is 4.33. The minimum Gasteiger partial charge on any atom is -0.495 e. The van der Waals surface area contributed by atoms with Crippen LogP contribution in [0.1, 0.15) is 17.7 Å². The average Bonchev–Trinajstić information content (AvgIpc) is 2.90. The molecule has 0 aliphatic rings. The van der Waals surface area contributed by atoms with Crippen molar-refractivity contribution in [2.45, 2.75) is 19.8 Å². The number of benzene rings is 1. The standard InChI is InChI=1S/C14H17N3O2/c1-10-3-5-13(19-2)12(7-10)17-14(18)6-4-11-8-15-9-16-11/h3,5,7-9H,4,6H2,1-2H3,(H,15,16)(H,17,18). The molecule has 0 fully saturated rings. The number of methoxy groups -OCH3 is 1. The van der Waals surface area contributed by atoms with Gasteiger partial charge in [-0.1, -0.05) is 6.07 Å². The molecule has 0 spiro atoms. The molecule has 0 saturated carbocycles. The monoisotopic (exact) mass is 259 g/mol. The molecule has 2 rings (SSSR count). The zero-order valence-corrected chi connectivity index (χ0v) is 11.1. The number of rotatable bonds is 5. The van der Waals surface area contributed by atoms with Crippen molar-refractivity contribution >= 4 is 11.6 Å². The molecule has 5 nitrogen and oxygen atoms in total. The summed E-state index contributed by atoms with van der Waals surface area (Å²) in [7, 11) is 1.59. The fourth-order valence-corrected chi connectivity index (χ4v) is 1.80. The maximum atomic E-state index is 11.9. The molecule has 1 aromatic carbocycles. The van der Waals surface area contributed by atoms with Gasteiger partial charge in [0, 0.05) is 18.3 Å². The molecular weight excluding hydrogens is 242 g/mol. The first-order valence-corrected chi connectivity index (χ1v) is 6.11. The number of carbonyl (C=O) groups excluding carboxylic acids is 1. The Morgan fingerprint density at radius 3 is 3.00 bits per heavy atom. The number of hydrogen-bond acceptors (Lipinski definition) is 3. The molecule has 0 aliphatic heterocycles. The van der Waals surface area contributed by atoms with Gasteiger partial charge in [0.05, 0.1) is 19.1 Å². The van der Waals surface area contributed by atoms with Gasteiger partial charge in [-0.2, -0.15) is 0 Å². The van der Waals surface area contributed by atoms with E-state index in [-0.39, 0.29) is 5.91 Å². The van der Waals surface area contributed by atoms with E-state index in [0.717, 1.165) is 11.3 Å². The summed E-state index contributed by atoms with van der Waals surface area (Å²) >= 11 is 0. The summed E-state index contributed by atoms with van der Waals surface area (Å²) in [6.45, 7) is 1.97. The highest BCUT2D eigenvalue weighted by Gasteiger charge is 2.08. The highest BCUT2D eigenvalue weighted by molar-refractivity contribution is 5.92. The molecule has 19 heavy (non-hydrogen) atoms. The third-order valence-corrected chi connectivity index (χ3v) is 2.81. The first-order chi connectivity index (χ1) is 9.19. The lowest BCUT2D eigenvalue weighted by Crippen LogP contribution is -2.13. The number of ether oxygens (including phenoxy) is 1. The van der Waals surface area contributed by atoms with E-state index in [0.29, 0.717) is 24.3 Å². The SMILES string of the molecule is COc1ccc(C)cc1NC(=O)CCc1cnc[nH]1. The summed E-state index contributed by atoms with van der Waals surface area (Å²) in [5, 5.41) is 2.87. The van der Waals surface area contributed by atoms with Crippen LogP contribution in [0.5, 0.6) is 5.75 Å². The van der Waals surface area contributed by atoms with Gasteiger partial charge >= 0.3 is 0 Å². The van der Waals surface area contributed by atoms with Crippen molar-refractivity contribution < 1.29 is 9.53 Å². The van der Waals surface area contributed by atoms with Gasteiger partial charge < -0.3 is 15.0 Å². The molecule has 2 N–H and O–H groups in total. The van der Waals surface area contributed by atoms with E-state index in [4.69, 9.17) is 4.74 Å². The quantitative estimate of drug-likeness (QED) is 0.865. The molecule has 1 amide bonds. The molecule has 2 aromatic rings. The van der Waals surface area contributed by atoms with Crippen LogP contribution in [0, 0.1) is 6.92 Å². The number of amides is 1. The molecule has 0 unspecified atom stereocenters. The van der Waals surface area contributed by atoms with Crippen LogP contribution in [0.3, 0.4) is 0 Å². The number of H-pyrrole nitrogens is 1. The maximum Gasteiger partial charge on any atom is 0.224 e. The van der Waals surface area contributed by atoms with E-state index in [1.54, 1.807) is 19.6 Å². The van der Waals surface area contributed by atoms with Crippen molar-refractivity contribution in [1.82, 2.24) is 9.97 Å². The van der Waals surface area contributed by atoms with E-state index >= 15 is 0 Å². The van der Waals surface area contributed by atoms with Crippen molar-refractivity contribution in [2.24, 2.45) is 0 Å². The van der Waals surface area contributed by atoms with Gasteiger partial charge in [-0.15, -0.1) is 0 Å². The minimum atomic E-state index is -0.0431. The van der Waals surface area contributed by atoms with E-state index in [1.165, 1.54) is 0 Å². The lowest BCUT2D eigenvalue weighted by molar-refractivity contribution is -0.116. The number of anilines is 1. The van der Waals surface area contributed by atoms with E-state index < -0.39 is 0 Å². The molecule has 5 heteroatoms. The Kier molecular flexibility index (Phi) is 4.18. The van der Waals surface area contributed by atoms with Gasteiger partial charge in [0.25, 0.3) is 0 Å². The molecule has 0 bridgehead atoms. The van der Waals surface area contributed by atoms with Crippen molar-refractivity contribution in [3.63, 3.8) is 0 Å². The zero-order chi connectivity index (χ0) is 13.7. The van der Waals surface area contributed by atoms with Gasteiger partial charge in [0.1, 0.15) is 5.75 Å². The molecular formula is C14H17N3O2. The molecule has 100 valence electrons. The van der Waals surface area contributed by atoms with E-state index in [2.05, 4.69) is 15.3 Å². The Morgan fingerprint density at radius 2 is 2.32 bits per heavy atom. The molecule has 1 aromatic heterocycles. The maximum absolute atomic E-state index is 11.9. The second kappa shape index (κ2) is 6.04. The first-order valence-electron chi connectivity index (χ1n) is 6.11. The van der Waals surface area contributed by atoms with Crippen LogP contribution in [0.15, 0.2) is 30.7 Å². The fourth-order valence-electron chi connectivity index (χ4n) is 1.80. The number of carbonyl (C=O) groups is 1. The van der Waals surface area contributed by atoms with Crippen molar-refractivity contribution in [3.05, 3.63) is 42.0 Å². The van der Waals surface area contributed by atoms with Crippen LogP contribution in [0.25, 0.3) is 0 Å². The van der Waals surface area contributed by atoms with Gasteiger partial charge in [0.2, 0.25) is 5.91 Å². The van der Waals surface area contributed by atoms with Crippen molar-refractivity contribution in [3.8, 4) is 5.75 Å². The minimum absolute atomic E-state index is 0.0431. The molecule has 0 saturated heterocycles. The fraction of sp³-hybridized carbons (Fsp3) is 0.286. The number of aryl methyl sites for hydroxylation is 2. The summed E-state index contributed by atoms with van der Waals surface area (Å²) in [5.74, 6) is 0.624. The number of hydrogen-bond donors (Lipinski definition) is 2. The number of imidazole rings is 1. The summed E-state index contributed by atoms with van der Waals surface area (Å²) in [4.78, 5) is 18.8. The predicted octanol–water partition coefficient (Wildman–Crippen LogP) is 2.30. The smallest absolute Gasteiger partial charge is 0.224 e. The summed E-state index contributed by atoms with van der Waals surface area (Å²) in [6, 6.07) is 5.69. The van der Waals surface area contributed by atoms with Crippen LogP contribution < -0.4 is 10.1 Å². The summed E-state index contributed by atoms with van der Waals surface area (Å²) < 4.78 is 5.22. The Balaban J connectivity index is 1.96. The lowest BCUT2D eigenvalue weighted by Gasteiger charge is -2.10. The second-order valence-corrected chi connectivity index (χ2v) is 4.33. The van der Waals surface area contributed by atoms with Crippen LogP contribution in [0.2, 0.25) is 0 Å². The Labute approximate surface area is 112 Å². The molecule has 0 aliphatic carbocycles. The Morgan fingerprint density at radius 1 is 1.47 bits per heavy atom. The highest BCUT2D eigenvalue weighted by Crippen LogP contribution is 2.25. The van der Waals surface area contributed by atoms with Gasteiger partial charge in [-0.25, -0.2) is 4.98 Å². The van der Waals surface area contributed by atoms with Crippen LogP contribution in [-0.2, 0) is 11.2 Å². The third kappa shape index (κ3) is 3.58. The van der Waals surface area contributed by atoms with Gasteiger partial charge in [-0.3, -0.25) is 4.79 Å². The topological polar surface area (TPSA) is 67.0 Å². The predicted molar refractivity (Wildman–Crippen MR) is 73.3 cm³/mol. The molecule has 0 radical (unpaired) electrons. The summed E-state index contributed by atoms with van der Waals surface area (Å²) in [6.07, 6.45) is 4.37. The third-order valence-electron chi connectivity index (χ3n) is 2.81. The van der Waals surface area contributed by atoms with Gasteiger partial charge in [-0.05, 0) is 31.0 Å². The number of nitrogens with one attached hydrogen (secondary N) is 2. The number of aromatic nitrogens is 2. The average molecular weight is 259 g/mol. The van der Waals surface area contributed by atoms with Crippen molar-refractivity contribution in [2.75, 3.05) is 12.4 Å². The van der Waals surface area contributed by atoms with Crippen molar-refractivity contribution in [1.29, 1.82) is 0 Å². The molecule has 1 heterocycles. The van der Waals surface area contributed by atoms with Crippen LogP contribution >= 0.6 is 0 Å². The lowest BCUT2D eigenvalue weighted by atomic mass is 10.2. The summed E-state index contributed by atoms with van der Waals surface area (Å²) in [5.41, 5.74) is 2.73. The normalized spacial score (nSPS) is 10.2. The van der Waals surface area contributed by atoms with Crippen LogP contribution in [-0.4, -0.2) is 23.0 Å². The largest absolute Gasteiger partial charge is 0.495 e. The first kappa shape index (κ1) is 13.1. The van der Waals surface area contributed by atoms with Gasteiger partial charge in [0.15, 0.2) is 0 Å². The van der Waals surface area contributed by atoms with Crippen LogP contribution in [0.4, 0.5) is 5.69 Å². The Hall–Kier alpha value is -2.30. The molecule has 0 atom stereocenters. The number of nitrogens with zero attached hydrogens (tertiary/aromatic N) is 1. The van der Waals surface area contributed by atoms with E-state index in [9.17, 15) is 4.79 Å². The highest BCUT2D eigenvalue weighted by atomic mass is 16.5. The van der Waals surface area contributed by atoms with E-state index in [1.807, 2.05) is 25.1 Å². The Bertz CT molecular complexity index is 550.